The normalized spacial score (nSPS) is 28.6. The third-order valence-corrected chi connectivity index (χ3v) is 6.16. The van der Waals surface area contributed by atoms with Crippen molar-refractivity contribution in [3.8, 4) is 0 Å². The lowest BCUT2D eigenvalue weighted by atomic mass is 9.79. The fourth-order valence-corrected chi connectivity index (χ4v) is 4.66. The average molecular weight is 371 g/mol. The van der Waals surface area contributed by atoms with Gasteiger partial charge in [-0.25, -0.2) is 0 Å². The molecule has 0 spiro atoms. The third-order valence-electron chi connectivity index (χ3n) is 6.16. The van der Waals surface area contributed by atoms with Gasteiger partial charge < -0.3 is 14.9 Å². The molecule has 2 aliphatic carbocycles. The van der Waals surface area contributed by atoms with Gasteiger partial charge in [0.15, 0.2) is 0 Å². The summed E-state index contributed by atoms with van der Waals surface area (Å²) < 4.78 is 5.15. The topological polar surface area (TPSA) is 49.7 Å². The molecule has 3 nitrogen and oxygen atoms in total. The predicted octanol–water partition coefficient (Wildman–Crippen LogP) is 4.54. The highest BCUT2D eigenvalue weighted by Crippen LogP contribution is 2.41. The Morgan fingerprint density at radius 1 is 1.19 bits per heavy atom. The van der Waals surface area contributed by atoms with E-state index >= 15 is 0 Å². The third kappa shape index (κ3) is 5.10. The molecule has 1 fully saturated rings. The molecule has 2 aliphatic rings. The van der Waals surface area contributed by atoms with Crippen LogP contribution < -0.4 is 0 Å². The molecule has 1 aromatic rings. The van der Waals surface area contributed by atoms with Crippen LogP contribution in [0.25, 0.3) is 0 Å². The molecule has 0 heterocycles. The standard InChI is InChI=1S/C24H34O3/c1-27-18-7-6-13-20-12-4-5-14-21(20)23-22(25)15-17-24(23,26)16-8-11-19-9-2-3-10-19/h4-5,8,12,14-17,19,22-23,25-26H,2-3,6-7,9-11,13,18H2,1H3/b16-8+/t22-,23+,24-/m1/s1. The number of hydrogen-bond donors (Lipinski definition) is 2. The van der Waals surface area contributed by atoms with Crippen molar-refractivity contribution >= 4 is 0 Å². The second-order valence-electron chi connectivity index (χ2n) is 8.15. The highest BCUT2D eigenvalue weighted by molar-refractivity contribution is 5.42. The molecule has 148 valence electrons. The van der Waals surface area contributed by atoms with Crippen LogP contribution in [-0.2, 0) is 11.2 Å². The summed E-state index contributed by atoms with van der Waals surface area (Å²) in [5.41, 5.74) is 1.16. The van der Waals surface area contributed by atoms with Crippen molar-refractivity contribution in [2.24, 2.45) is 5.92 Å². The lowest BCUT2D eigenvalue weighted by molar-refractivity contribution is 0.0692. The molecule has 0 unspecified atom stereocenters. The Labute approximate surface area is 163 Å². The van der Waals surface area contributed by atoms with Gasteiger partial charge in [-0.2, -0.15) is 0 Å². The summed E-state index contributed by atoms with van der Waals surface area (Å²) in [7, 11) is 1.73. The summed E-state index contributed by atoms with van der Waals surface area (Å²) in [6, 6.07) is 8.22. The molecule has 0 aliphatic heterocycles. The van der Waals surface area contributed by atoms with E-state index in [0.29, 0.717) is 0 Å². The molecule has 3 atom stereocenters. The van der Waals surface area contributed by atoms with Gasteiger partial charge in [0, 0.05) is 19.6 Å². The second-order valence-corrected chi connectivity index (χ2v) is 8.15. The van der Waals surface area contributed by atoms with E-state index in [2.05, 4.69) is 18.2 Å². The number of aliphatic hydroxyl groups is 2. The van der Waals surface area contributed by atoms with E-state index in [0.717, 1.165) is 43.8 Å². The van der Waals surface area contributed by atoms with Crippen LogP contribution in [0.1, 0.15) is 62.0 Å². The molecule has 3 heteroatoms. The van der Waals surface area contributed by atoms with E-state index in [1.165, 1.54) is 31.2 Å². The van der Waals surface area contributed by atoms with E-state index in [1.54, 1.807) is 19.3 Å². The van der Waals surface area contributed by atoms with Crippen LogP contribution in [0, 0.1) is 5.92 Å². The van der Waals surface area contributed by atoms with Crippen molar-refractivity contribution in [3.63, 3.8) is 0 Å². The van der Waals surface area contributed by atoms with Gasteiger partial charge in [-0.15, -0.1) is 0 Å². The summed E-state index contributed by atoms with van der Waals surface area (Å²) in [6.07, 6.45) is 16.2. The molecule has 0 bridgehead atoms. The zero-order valence-electron chi connectivity index (χ0n) is 16.5. The van der Waals surface area contributed by atoms with E-state index in [4.69, 9.17) is 4.74 Å². The fraction of sp³-hybridized carbons (Fsp3) is 0.583. The minimum absolute atomic E-state index is 0.337. The minimum atomic E-state index is -1.11. The summed E-state index contributed by atoms with van der Waals surface area (Å²) >= 11 is 0. The Balaban J connectivity index is 1.74. The molecule has 3 rings (SSSR count). The zero-order valence-corrected chi connectivity index (χ0v) is 16.5. The van der Waals surface area contributed by atoms with Crippen LogP contribution in [0.4, 0.5) is 0 Å². The number of allylic oxidation sites excluding steroid dienone is 1. The predicted molar refractivity (Wildman–Crippen MR) is 110 cm³/mol. The van der Waals surface area contributed by atoms with Crippen molar-refractivity contribution in [1.29, 1.82) is 0 Å². The highest BCUT2D eigenvalue weighted by Gasteiger charge is 2.42. The number of aliphatic hydroxyl groups excluding tert-OH is 1. The average Bonchev–Trinajstić information content (AvgIpc) is 3.28. The number of benzene rings is 1. The lowest BCUT2D eigenvalue weighted by Crippen LogP contribution is -2.34. The monoisotopic (exact) mass is 370 g/mol. The quantitative estimate of drug-likeness (QED) is 0.496. The number of hydrogen-bond acceptors (Lipinski definition) is 3. The first-order valence-electron chi connectivity index (χ1n) is 10.5. The van der Waals surface area contributed by atoms with Crippen LogP contribution >= 0.6 is 0 Å². The Morgan fingerprint density at radius 3 is 2.74 bits per heavy atom. The molecule has 2 N–H and O–H groups in total. The van der Waals surface area contributed by atoms with Crippen molar-refractivity contribution in [2.45, 2.75) is 69.0 Å². The molecular weight excluding hydrogens is 336 g/mol. The first-order valence-corrected chi connectivity index (χ1v) is 10.5. The van der Waals surface area contributed by atoms with Gasteiger partial charge in [-0.1, -0.05) is 68.2 Å². The van der Waals surface area contributed by atoms with Gasteiger partial charge in [-0.3, -0.25) is 0 Å². The number of ether oxygens (including phenoxy) is 1. The van der Waals surface area contributed by atoms with Crippen LogP contribution in [0.2, 0.25) is 0 Å². The van der Waals surface area contributed by atoms with Gasteiger partial charge in [0.2, 0.25) is 0 Å². The molecule has 1 saturated carbocycles. The number of aryl methyl sites for hydroxylation is 1. The fourth-order valence-electron chi connectivity index (χ4n) is 4.66. The van der Waals surface area contributed by atoms with Gasteiger partial charge >= 0.3 is 0 Å². The summed E-state index contributed by atoms with van der Waals surface area (Å²) in [6.45, 7) is 0.767. The van der Waals surface area contributed by atoms with Gasteiger partial charge in [0.05, 0.1) is 6.10 Å². The number of unbranched alkanes of at least 4 members (excludes halogenated alkanes) is 1. The van der Waals surface area contributed by atoms with Crippen molar-refractivity contribution in [1.82, 2.24) is 0 Å². The van der Waals surface area contributed by atoms with E-state index in [-0.39, 0.29) is 5.92 Å². The molecule has 1 aromatic carbocycles. The van der Waals surface area contributed by atoms with Crippen molar-refractivity contribution in [3.05, 3.63) is 59.7 Å². The Morgan fingerprint density at radius 2 is 1.96 bits per heavy atom. The van der Waals surface area contributed by atoms with Crippen LogP contribution in [0.3, 0.4) is 0 Å². The first-order chi connectivity index (χ1) is 13.1. The first kappa shape index (κ1) is 20.3. The van der Waals surface area contributed by atoms with Gasteiger partial charge in [-0.05, 0) is 48.8 Å². The molecule has 0 saturated heterocycles. The summed E-state index contributed by atoms with van der Waals surface area (Å²) in [4.78, 5) is 0. The minimum Gasteiger partial charge on any atom is -0.388 e. The lowest BCUT2D eigenvalue weighted by Gasteiger charge is -2.30. The summed E-state index contributed by atoms with van der Waals surface area (Å²) in [5.74, 6) is 0.419. The largest absolute Gasteiger partial charge is 0.388 e. The number of methoxy groups -OCH3 is 1. The maximum absolute atomic E-state index is 11.3. The van der Waals surface area contributed by atoms with Crippen LogP contribution in [0.5, 0.6) is 0 Å². The Bertz CT molecular complexity index is 645. The highest BCUT2D eigenvalue weighted by atomic mass is 16.5. The summed E-state index contributed by atoms with van der Waals surface area (Å²) in [5, 5.41) is 22.0. The maximum atomic E-state index is 11.3. The molecule has 27 heavy (non-hydrogen) atoms. The van der Waals surface area contributed by atoms with E-state index in [1.807, 2.05) is 18.2 Å². The van der Waals surface area contributed by atoms with Crippen molar-refractivity contribution < 1.29 is 14.9 Å². The van der Waals surface area contributed by atoms with Crippen LogP contribution in [0.15, 0.2) is 48.6 Å². The van der Waals surface area contributed by atoms with Gasteiger partial charge in [0.1, 0.15) is 5.60 Å². The molecule has 0 aromatic heterocycles. The van der Waals surface area contributed by atoms with Crippen LogP contribution in [-0.4, -0.2) is 35.6 Å². The second kappa shape index (κ2) is 9.68. The van der Waals surface area contributed by atoms with Gasteiger partial charge in [0.25, 0.3) is 0 Å². The smallest absolute Gasteiger partial charge is 0.111 e. The molecule has 0 radical (unpaired) electrons. The Kier molecular flexibility index (Phi) is 7.28. The zero-order chi connectivity index (χ0) is 19.1. The number of rotatable bonds is 9. The van der Waals surface area contributed by atoms with E-state index in [9.17, 15) is 10.2 Å². The Hall–Kier alpha value is -1.42. The van der Waals surface area contributed by atoms with E-state index < -0.39 is 11.7 Å². The molecular formula is C24H34O3. The van der Waals surface area contributed by atoms with Crippen molar-refractivity contribution in [2.75, 3.05) is 13.7 Å². The molecule has 0 amide bonds. The maximum Gasteiger partial charge on any atom is 0.111 e. The SMILES string of the molecule is COCCCCc1ccccc1[C@H]1[C@H](O)C=C[C@]1(O)/C=C/CC1CCCC1.